The molecule has 0 spiro atoms. The molecule has 0 saturated carbocycles. The van der Waals surface area contributed by atoms with E-state index in [1.165, 1.54) is 6.33 Å². The molecule has 4 aromatic rings. The molecule has 0 bridgehead atoms. The van der Waals surface area contributed by atoms with Crippen LogP contribution in [0.3, 0.4) is 0 Å². The van der Waals surface area contributed by atoms with Gasteiger partial charge in [-0.1, -0.05) is 12.1 Å². The van der Waals surface area contributed by atoms with Crippen LogP contribution < -0.4 is 4.74 Å². The van der Waals surface area contributed by atoms with Crippen LogP contribution in [0, 0.1) is 0 Å². The normalized spacial score (nSPS) is 11.2. The fourth-order valence-electron chi connectivity index (χ4n) is 2.29. The molecule has 20 heavy (non-hydrogen) atoms. The van der Waals surface area contributed by atoms with Gasteiger partial charge in [0.1, 0.15) is 11.7 Å². The number of ether oxygens (including phenoxy) is 1. The van der Waals surface area contributed by atoms with Crippen molar-refractivity contribution in [3.8, 4) is 17.1 Å². The first kappa shape index (κ1) is 10.9. The topological polar surface area (TPSA) is 92.4 Å². The molecule has 0 fully saturated rings. The lowest BCUT2D eigenvalue weighted by Crippen LogP contribution is -1.90. The number of nitrogens with one attached hydrogen (secondary N) is 2. The molecule has 7 heteroatoms. The summed E-state index contributed by atoms with van der Waals surface area (Å²) in [6.07, 6.45) is 3.22. The largest absolute Gasteiger partial charge is 0.480 e. The third-order valence-electron chi connectivity index (χ3n) is 3.24. The van der Waals surface area contributed by atoms with Crippen LogP contribution in [0.1, 0.15) is 0 Å². The summed E-state index contributed by atoms with van der Waals surface area (Å²) in [6.45, 7) is 0. The second kappa shape index (κ2) is 4.02. The number of hydrogen-bond acceptors (Lipinski definition) is 5. The fraction of sp³-hybridized carbons (Fsp3) is 0.0769. The molecule has 0 aliphatic rings. The molecular formula is C13H10N6O. The predicted molar refractivity (Wildman–Crippen MR) is 73.3 cm³/mol. The van der Waals surface area contributed by atoms with E-state index in [-0.39, 0.29) is 0 Å². The molecule has 3 aromatic heterocycles. The van der Waals surface area contributed by atoms with Crippen LogP contribution in [0.15, 0.2) is 30.7 Å². The first-order chi connectivity index (χ1) is 9.86. The highest BCUT2D eigenvalue weighted by molar-refractivity contribution is 5.96. The number of nitrogens with zero attached hydrogens (tertiary/aromatic N) is 4. The molecule has 1 aromatic carbocycles. The van der Waals surface area contributed by atoms with Gasteiger partial charge in [0.15, 0.2) is 5.65 Å². The van der Waals surface area contributed by atoms with Crippen molar-refractivity contribution in [2.75, 3.05) is 7.11 Å². The second-order valence-corrected chi connectivity index (χ2v) is 4.35. The average Bonchev–Trinajstić information content (AvgIpc) is 3.12. The van der Waals surface area contributed by atoms with Gasteiger partial charge >= 0.3 is 0 Å². The van der Waals surface area contributed by atoms with Gasteiger partial charge in [0.05, 0.1) is 24.5 Å². The summed E-state index contributed by atoms with van der Waals surface area (Å²) in [5.41, 5.74) is 3.34. The lowest BCUT2D eigenvalue weighted by molar-refractivity contribution is 0.402. The summed E-state index contributed by atoms with van der Waals surface area (Å²) in [4.78, 5) is 8.26. The monoisotopic (exact) mass is 266 g/mol. The minimum absolute atomic E-state index is 0.503. The Morgan fingerprint density at radius 1 is 1.15 bits per heavy atom. The Bertz CT molecular complexity index is 909. The van der Waals surface area contributed by atoms with Crippen LogP contribution in [0.25, 0.3) is 33.2 Å². The summed E-state index contributed by atoms with van der Waals surface area (Å²) in [7, 11) is 1.58. The summed E-state index contributed by atoms with van der Waals surface area (Å²) < 4.78 is 5.29. The van der Waals surface area contributed by atoms with E-state index in [0.717, 1.165) is 27.5 Å². The Morgan fingerprint density at radius 2 is 2.10 bits per heavy atom. The Morgan fingerprint density at radius 3 is 3.00 bits per heavy atom. The van der Waals surface area contributed by atoms with Gasteiger partial charge in [0, 0.05) is 10.9 Å². The third kappa shape index (κ3) is 1.46. The molecular weight excluding hydrogens is 256 g/mol. The molecule has 0 unspecified atom stereocenters. The number of benzene rings is 1. The Balaban J connectivity index is 2.01. The van der Waals surface area contributed by atoms with Crippen LogP contribution in [-0.4, -0.2) is 37.5 Å². The summed E-state index contributed by atoms with van der Waals surface area (Å²) in [5, 5.41) is 16.0. The number of aromatic nitrogens is 6. The van der Waals surface area contributed by atoms with Gasteiger partial charge in [-0.2, -0.15) is 10.2 Å². The zero-order chi connectivity index (χ0) is 13.5. The van der Waals surface area contributed by atoms with Gasteiger partial charge < -0.3 is 4.74 Å². The Kier molecular flexibility index (Phi) is 2.19. The first-order valence-electron chi connectivity index (χ1n) is 6.03. The van der Waals surface area contributed by atoms with Crippen molar-refractivity contribution in [3.63, 3.8) is 0 Å². The van der Waals surface area contributed by atoms with Crippen molar-refractivity contribution in [2.24, 2.45) is 0 Å². The van der Waals surface area contributed by atoms with E-state index in [1.54, 1.807) is 13.3 Å². The van der Waals surface area contributed by atoms with Crippen LogP contribution in [0.5, 0.6) is 5.88 Å². The van der Waals surface area contributed by atoms with Gasteiger partial charge in [-0.15, -0.1) is 0 Å². The van der Waals surface area contributed by atoms with Crippen molar-refractivity contribution in [1.82, 2.24) is 30.4 Å². The van der Waals surface area contributed by atoms with E-state index in [0.29, 0.717) is 11.5 Å². The maximum atomic E-state index is 5.29. The molecule has 0 aliphatic heterocycles. The minimum Gasteiger partial charge on any atom is -0.480 e. The van der Waals surface area contributed by atoms with Crippen LogP contribution in [0.4, 0.5) is 0 Å². The Labute approximate surface area is 113 Å². The van der Waals surface area contributed by atoms with Gasteiger partial charge in [0.25, 0.3) is 0 Å². The zero-order valence-electron chi connectivity index (χ0n) is 10.6. The van der Waals surface area contributed by atoms with Crippen molar-refractivity contribution >= 4 is 21.9 Å². The molecule has 0 aliphatic carbocycles. The SMILES string of the molecule is COc1ncnc2n[nH]c(-c3ccc4cn[nH]c4c3)c12. The minimum atomic E-state index is 0.503. The first-order valence-corrected chi connectivity index (χ1v) is 6.03. The lowest BCUT2D eigenvalue weighted by atomic mass is 10.1. The molecule has 0 saturated heterocycles. The number of H-pyrrole nitrogens is 2. The molecule has 0 radical (unpaired) electrons. The van der Waals surface area contributed by atoms with Gasteiger partial charge in [-0.05, 0) is 6.07 Å². The quantitative estimate of drug-likeness (QED) is 0.578. The molecule has 4 rings (SSSR count). The van der Waals surface area contributed by atoms with E-state index < -0.39 is 0 Å². The summed E-state index contributed by atoms with van der Waals surface area (Å²) >= 11 is 0. The molecule has 0 atom stereocenters. The predicted octanol–water partition coefficient (Wildman–Crippen LogP) is 1.90. The van der Waals surface area contributed by atoms with E-state index in [1.807, 2.05) is 18.2 Å². The molecule has 7 nitrogen and oxygen atoms in total. The lowest BCUT2D eigenvalue weighted by Gasteiger charge is -2.02. The van der Waals surface area contributed by atoms with E-state index >= 15 is 0 Å². The van der Waals surface area contributed by atoms with E-state index in [2.05, 4.69) is 30.4 Å². The van der Waals surface area contributed by atoms with Crippen molar-refractivity contribution in [1.29, 1.82) is 0 Å². The second-order valence-electron chi connectivity index (χ2n) is 4.35. The number of aromatic amines is 2. The maximum Gasteiger partial charge on any atom is 0.228 e. The third-order valence-corrected chi connectivity index (χ3v) is 3.24. The average molecular weight is 266 g/mol. The number of rotatable bonds is 2. The van der Waals surface area contributed by atoms with Gasteiger partial charge in [-0.25, -0.2) is 9.97 Å². The van der Waals surface area contributed by atoms with Crippen molar-refractivity contribution in [2.45, 2.75) is 0 Å². The molecule has 0 amide bonds. The number of fused-ring (bicyclic) bond motifs is 2. The van der Waals surface area contributed by atoms with Gasteiger partial charge in [-0.3, -0.25) is 10.2 Å². The molecule has 98 valence electrons. The summed E-state index contributed by atoms with van der Waals surface area (Å²) in [6, 6.07) is 6.00. The highest BCUT2D eigenvalue weighted by atomic mass is 16.5. The fourth-order valence-corrected chi connectivity index (χ4v) is 2.29. The van der Waals surface area contributed by atoms with E-state index in [9.17, 15) is 0 Å². The number of methoxy groups -OCH3 is 1. The highest BCUT2D eigenvalue weighted by Crippen LogP contribution is 2.31. The highest BCUT2D eigenvalue weighted by Gasteiger charge is 2.15. The zero-order valence-corrected chi connectivity index (χ0v) is 10.6. The maximum absolute atomic E-state index is 5.29. The van der Waals surface area contributed by atoms with Crippen molar-refractivity contribution in [3.05, 3.63) is 30.7 Å². The van der Waals surface area contributed by atoms with E-state index in [4.69, 9.17) is 4.74 Å². The number of hydrogen-bond donors (Lipinski definition) is 2. The smallest absolute Gasteiger partial charge is 0.228 e. The Hall–Kier alpha value is -2.96. The molecule has 2 N–H and O–H groups in total. The van der Waals surface area contributed by atoms with Gasteiger partial charge in [0.2, 0.25) is 5.88 Å². The van der Waals surface area contributed by atoms with Crippen LogP contribution in [-0.2, 0) is 0 Å². The van der Waals surface area contributed by atoms with Crippen molar-refractivity contribution < 1.29 is 4.74 Å². The molecule has 3 heterocycles. The summed E-state index contributed by atoms with van der Waals surface area (Å²) in [5.74, 6) is 0.503. The standard InChI is InChI=1S/C13H10N6O/c1-20-13-10-11(18-19-12(10)14-6-15-13)7-2-3-8-5-16-17-9(8)4-7/h2-6H,1H3,(H,16,17)(H,14,15,18,19). The van der Waals surface area contributed by atoms with Crippen LogP contribution >= 0.6 is 0 Å². The van der Waals surface area contributed by atoms with Crippen LogP contribution in [0.2, 0.25) is 0 Å².